The summed E-state index contributed by atoms with van der Waals surface area (Å²) in [5.74, 6) is 1.67. The second-order valence-corrected chi connectivity index (χ2v) is 5.87. The van der Waals surface area contributed by atoms with Gasteiger partial charge in [0.2, 0.25) is 0 Å². The Morgan fingerprint density at radius 3 is 2.81 bits per heavy atom. The molecule has 5 nitrogen and oxygen atoms in total. The van der Waals surface area contributed by atoms with Gasteiger partial charge in [-0.1, -0.05) is 30.3 Å². The molecular formula is C16H20N4O. The first kappa shape index (κ1) is 13.7. The van der Waals surface area contributed by atoms with E-state index in [4.69, 9.17) is 15.9 Å². The number of hydrogen-bond donors (Lipinski definition) is 2. The van der Waals surface area contributed by atoms with Gasteiger partial charge in [0, 0.05) is 23.5 Å². The molecule has 2 heterocycles. The molecule has 2 atom stereocenters. The lowest BCUT2D eigenvalue weighted by atomic mass is 10.1. The molecule has 1 aromatic carbocycles. The van der Waals surface area contributed by atoms with Gasteiger partial charge < -0.3 is 15.8 Å². The van der Waals surface area contributed by atoms with E-state index in [9.17, 15) is 0 Å². The fourth-order valence-corrected chi connectivity index (χ4v) is 3.19. The Balaban J connectivity index is 2.16. The molecule has 3 rings (SSSR count). The van der Waals surface area contributed by atoms with Gasteiger partial charge in [-0.3, -0.25) is 0 Å². The Morgan fingerprint density at radius 2 is 2.14 bits per heavy atom. The normalized spacial score (nSPS) is 23.0. The number of nitrogens with two attached hydrogens (primary N) is 1. The molecule has 0 radical (unpaired) electrons. The number of rotatable bonds is 2. The monoisotopic (exact) mass is 284 g/mol. The van der Waals surface area contributed by atoms with E-state index in [-0.39, 0.29) is 5.84 Å². The molecule has 2 unspecified atom stereocenters. The number of benzene rings is 1. The number of hydrogen-bond acceptors (Lipinski definition) is 4. The van der Waals surface area contributed by atoms with Crippen LogP contribution < -0.4 is 10.6 Å². The predicted octanol–water partition coefficient (Wildman–Crippen LogP) is 2.56. The molecule has 1 fully saturated rings. The van der Waals surface area contributed by atoms with Gasteiger partial charge in [-0.2, -0.15) is 0 Å². The van der Waals surface area contributed by atoms with Gasteiger partial charge in [-0.05, 0) is 31.4 Å². The van der Waals surface area contributed by atoms with E-state index in [0.29, 0.717) is 12.0 Å². The van der Waals surface area contributed by atoms with Crippen molar-refractivity contribution in [2.45, 2.75) is 26.3 Å². The Labute approximate surface area is 124 Å². The van der Waals surface area contributed by atoms with Crippen LogP contribution in [0.4, 0.5) is 5.82 Å². The molecule has 21 heavy (non-hydrogen) atoms. The van der Waals surface area contributed by atoms with Crippen molar-refractivity contribution >= 4 is 22.6 Å². The number of nitrogens with zero attached hydrogens (tertiary/aromatic N) is 3. The van der Waals surface area contributed by atoms with Crippen LogP contribution in [0.3, 0.4) is 0 Å². The molecule has 5 heteroatoms. The first-order valence-corrected chi connectivity index (χ1v) is 7.24. The van der Waals surface area contributed by atoms with Crippen molar-refractivity contribution < 1.29 is 5.21 Å². The van der Waals surface area contributed by atoms with Crippen molar-refractivity contribution in [2.75, 3.05) is 11.4 Å². The van der Waals surface area contributed by atoms with Gasteiger partial charge in [0.1, 0.15) is 5.82 Å². The molecule has 110 valence electrons. The number of oxime groups is 1. The minimum absolute atomic E-state index is 0.120. The van der Waals surface area contributed by atoms with E-state index in [2.05, 4.69) is 23.9 Å². The molecule has 0 aliphatic carbocycles. The average Bonchev–Trinajstić information content (AvgIpc) is 2.84. The largest absolute Gasteiger partial charge is 0.409 e. The lowest BCUT2D eigenvalue weighted by molar-refractivity contribution is 0.318. The van der Waals surface area contributed by atoms with Crippen molar-refractivity contribution in [3.8, 4) is 0 Å². The lowest BCUT2D eigenvalue weighted by Crippen LogP contribution is -2.28. The molecule has 1 aliphatic heterocycles. The second kappa shape index (κ2) is 5.24. The molecule has 3 N–H and O–H groups in total. The van der Waals surface area contributed by atoms with Crippen molar-refractivity contribution in [2.24, 2.45) is 16.8 Å². The van der Waals surface area contributed by atoms with Crippen molar-refractivity contribution in [1.29, 1.82) is 0 Å². The van der Waals surface area contributed by atoms with Crippen LogP contribution in [-0.4, -0.2) is 28.6 Å². The summed E-state index contributed by atoms with van der Waals surface area (Å²) in [6, 6.07) is 10.1. The van der Waals surface area contributed by atoms with Crippen LogP contribution in [0.5, 0.6) is 0 Å². The quantitative estimate of drug-likeness (QED) is 0.385. The molecule has 0 bridgehead atoms. The Kier molecular flexibility index (Phi) is 3.41. The van der Waals surface area contributed by atoms with Gasteiger partial charge in [-0.25, -0.2) is 4.98 Å². The summed E-state index contributed by atoms with van der Waals surface area (Å²) in [6.45, 7) is 5.45. The SMILES string of the molecule is CC1CC(C)N(c2cc(/C(N)=N/O)c3ccccc3n2)C1. The van der Waals surface area contributed by atoms with Crippen molar-refractivity contribution in [3.63, 3.8) is 0 Å². The van der Waals surface area contributed by atoms with Crippen LogP contribution in [0.2, 0.25) is 0 Å². The summed E-state index contributed by atoms with van der Waals surface area (Å²) in [7, 11) is 0. The number of fused-ring (bicyclic) bond motifs is 1. The van der Waals surface area contributed by atoms with Gasteiger partial charge in [0.05, 0.1) is 5.52 Å². The third-order valence-corrected chi connectivity index (χ3v) is 4.16. The fourth-order valence-electron chi connectivity index (χ4n) is 3.19. The predicted molar refractivity (Wildman–Crippen MR) is 84.8 cm³/mol. The first-order valence-electron chi connectivity index (χ1n) is 7.24. The number of para-hydroxylation sites is 1. The maximum atomic E-state index is 9.03. The maximum absolute atomic E-state index is 9.03. The summed E-state index contributed by atoms with van der Waals surface area (Å²) in [5.41, 5.74) is 7.43. The zero-order valence-corrected chi connectivity index (χ0v) is 12.3. The minimum atomic E-state index is 0.120. The average molecular weight is 284 g/mol. The molecule has 1 aromatic heterocycles. The Bertz CT molecular complexity index is 698. The summed E-state index contributed by atoms with van der Waals surface area (Å²) in [6.07, 6.45) is 1.16. The topological polar surface area (TPSA) is 74.7 Å². The highest BCUT2D eigenvalue weighted by molar-refractivity contribution is 6.08. The van der Waals surface area contributed by atoms with E-state index in [1.165, 1.54) is 0 Å². The zero-order chi connectivity index (χ0) is 15.0. The van der Waals surface area contributed by atoms with Gasteiger partial charge in [0.25, 0.3) is 0 Å². The molecule has 0 spiro atoms. The molecule has 1 aliphatic rings. The lowest BCUT2D eigenvalue weighted by Gasteiger charge is -2.23. The van der Waals surface area contributed by atoms with Crippen LogP contribution in [-0.2, 0) is 0 Å². The zero-order valence-electron chi connectivity index (χ0n) is 12.3. The van der Waals surface area contributed by atoms with Gasteiger partial charge >= 0.3 is 0 Å². The number of anilines is 1. The molecule has 0 saturated carbocycles. The van der Waals surface area contributed by atoms with Crippen LogP contribution in [0.15, 0.2) is 35.5 Å². The third kappa shape index (κ3) is 2.39. The summed E-state index contributed by atoms with van der Waals surface area (Å²) in [4.78, 5) is 7.05. The second-order valence-electron chi connectivity index (χ2n) is 5.87. The van der Waals surface area contributed by atoms with Gasteiger partial charge in [0.15, 0.2) is 5.84 Å². The number of pyridine rings is 1. The van der Waals surface area contributed by atoms with E-state index >= 15 is 0 Å². The highest BCUT2D eigenvalue weighted by Gasteiger charge is 2.27. The fraction of sp³-hybridized carbons (Fsp3) is 0.375. The Hall–Kier alpha value is -2.30. The summed E-state index contributed by atoms with van der Waals surface area (Å²) < 4.78 is 0. The van der Waals surface area contributed by atoms with Crippen LogP contribution >= 0.6 is 0 Å². The van der Waals surface area contributed by atoms with E-state index in [1.807, 2.05) is 30.3 Å². The van der Waals surface area contributed by atoms with Crippen LogP contribution in [0, 0.1) is 5.92 Å². The molecule has 0 amide bonds. The molecule has 1 saturated heterocycles. The first-order chi connectivity index (χ1) is 10.1. The van der Waals surface area contributed by atoms with Crippen LogP contribution in [0.25, 0.3) is 10.9 Å². The van der Waals surface area contributed by atoms with E-state index in [0.717, 1.165) is 35.2 Å². The highest BCUT2D eigenvalue weighted by atomic mass is 16.4. The minimum Gasteiger partial charge on any atom is -0.409 e. The van der Waals surface area contributed by atoms with E-state index in [1.54, 1.807) is 0 Å². The summed E-state index contributed by atoms with van der Waals surface area (Å²) in [5, 5.41) is 13.1. The number of amidine groups is 1. The third-order valence-electron chi connectivity index (χ3n) is 4.16. The van der Waals surface area contributed by atoms with Crippen LogP contribution in [0.1, 0.15) is 25.8 Å². The van der Waals surface area contributed by atoms with E-state index < -0.39 is 0 Å². The standard InChI is InChI=1S/C16H20N4O/c1-10-7-11(2)20(9-10)15-8-13(16(17)19-21)12-5-3-4-6-14(12)18-15/h3-6,8,10-11,21H,7,9H2,1-2H3,(H2,17,19). The van der Waals surface area contributed by atoms with Crippen molar-refractivity contribution in [3.05, 3.63) is 35.9 Å². The summed E-state index contributed by atoms with van der Waals surface area (Å²) >= 11 is 0. The Morgan fingerprint density at radius 1 is 1.38 bits per heavy atom. The van der Waals surface area contributed by atoms with Gasteiger partial charge in [-0.15, -0.1) is 0 Å². The maximum Gasteiger partial charge on any atom is 0.170 e. The molecular weight excluding hydrogens is 264 g/mol. The molecule has 2 aromatic rings. The smallest absolute Gasteiger partial charge is 0.170 e. The highest BCUT2D eigenvalue weighted by Crippen LogP contribution is 2.30. The number of aromatic nitrogens is 1. The van der Waals surface area contributed by atoms with Crippen molar-refractivity contribution in [1.82, 2.24) is 4.98 Å².